The molecule has 4 heteroatoms. The van der Waals surface area contributed by atoms with Crippen LogP contribution in [0.15, 0.2) is 47.1 Å². The summed E-state index contributed by atoms with van der Waals surface area (Å²) >= 11 is 0. The molecule has 0 saturated carbocycles. The molecule has 2 N–H and O–H groups in total. The number of nitrogens with zero attached hydrogens (tertiary/aromatic N) is 2. The van der Waals surface area contributed by atoms with Crippen molar-refractivity contribution >= 4 is 11.0 Å². The number of imidazole rings is 1. The van der Waals surface area contributed by atoms with Gasteiger partial charge in [0.1, 0.15) is 17.6 Å². The zero-order chi connectivity index (χ0) is 13.4. The first kappa shape index (κ1) is 12.0. The van der Waals surface area contributed by atoms with Crippen molar-refractivity contribution in [2.24, 2.45) is 5.73 Å². The summed E-state index contributed by atoms with van der Waals surface area (Å²) in [6.45, 7) is 4.26. The minimum absolute atomic E-state index is 0.295. The van der Waals surface area contributed by atoms with Crippen LogP contribution in [0.3, 0.4) is 0 Å². The van der Waals surface area contributed by atoms with Crippen LogP contribution in [0.2, 0.25) is 0 Å². The lowest BCUT2D eigenvalue weighted by Gasteiger charge is -2.16. The number of aromatic nitrogens is 2. The van der Waals surface area contributed by atoms with Gasteiger partial charge in [0, 0.05) is 6.04 Å². The van der Waals surface area contributed by atoms with E-state index in [-0.39, 0.29) is 6.04 Å². The lowest BCUT2D eigenvalue weighted by molar-refractivity contribution is 0.466. The lowest BCUT2D eigenvalue weighted by Crippen LogP contribution is -2.18. The minimum Gasteiger partial charge on any atom is -0.467 e. The maximum Gasteiger partial charge on any atom is 0.134 e. The van der Waals surface area contributed by atoms with E-state index >= 15 is 0 Å². The summed E-state index contributed by atoms with van der Waals surface area (Å²) in [5.74, 6) is 1.57. The molecule has 0 aliphatic rings. The van der Waals surface area contributed by atoms with Crippen LogP contribution in [0.1, 0.15) is 37.5 Å². The molecular weight excluding hydrogens is 238 g/mol. The Labute approximate surface area is 111 Å². The fourth-order valence-corrected chi connectivity index (χ4v) is 2.42. The highest BCUT2D eigenvalue weighted by Gasteiger charge is 2.21. The summed E-state index contributed by atoms with van der Waals surface area (Å²) in [4.78, 5) is 4.67. The third-order valence-corrected chi connectivity index (χ3v) is 3.27. The second-order valence-corrected chi connectivity index (χ2v) is 4.92. The van der Waals surface area contributed by atoms with Gasteiger partial charge in [0.05, 0.1) is 17.3 Å². The quantitative estimate of drug-likeness (QED) is 0.781. The average Bonchev–Trinajstić information content (AvgIpc) is 3.04. The minimum atomic E-state index is -0.343. The van der Waals surface area contributed by atoms with E-state index in [9.17, 15) is 0 Å². The van der Waals surface area contributed by atoms with Gasteiger partial charge in [-0.05, 0) is 38.1 Å². The van der Waals surface area contributed by atoms with Gasteiger partial charge in [0.15, 0.2) is 0 Å². The van der Waals surface area contributed by atoms with Crippen LogP contribution in [0.4, 0.5) is 0 Å². The lowest BCUT2D eigenvalue weighted by atomic mass is 10.2. The van der Waals surface area contributed by atoms with E-state index in [1.165, 1.54) is 0 Å². The number of benzene rings is 1. The van der Waals surface area contributed by atoms with Crippen molar-refractivity contribution in [3.63, 3.8) is 0 Å². The number of hydrogen-bond donors (Lipinski definition) is 1. The molecule has 0 bridgehead atoms. The second-order valence-electron chi connectivity index (χ2n) is 4.92. The van der Waals surface area contributed by atoms with Gasteiger partial charge in [0.2, 0.25) is 0 Å². The van der Waals surface area contributed by atoms with E-state index in [0.717, 1.165) is 22.6 Å². The van der Waals surface area contributed by atoms with Crippen molar-refractivity contribution in [1.82, 2.24) is 9.55 Å². The van der Waals surface area contributed by atoms with Crippen molar-refractivity contribution in [3.8, 4) is 0 Å². The fourth-order valence-electron chi connectivity index (χ4n) is 2.42. The summed E-state index contributed by atoms with van der Waals surface area (Å²) < 4.78 is 7.57. The van der Waals surface area contributed by atoms with Gasteiger partial charge >= 0.3 is 0 Å². The van der Waals surface area contributed by atoms with Crippen LogP contribution in [0.25, 0.3) is 11.0 Å². The molecule has 0 radical (unpaired) electrons. The van der Waals surface area contributed by atoms with E-state index in [1.54, 1.807) is 6.26 Å². The van der Waals surface area contributed by atoms with Gasteiger partial charge in [-0.1, -0.05) is 12.1 Å². The van der Waals surface area contributed by atoms with Crippen LogP contribution >= 0.6 is 0 Å². The van der Waals surface area contributed by atoms with Crippen molar-refractivity contribution in [2.75, 3.05) is 0 Å². The molecule has 0 aliphatic heterocycles. The molecule has 2 aromatic heterocycles. The molecule has 0 fully saturated rings. The Bertz CT molecular complexity index is 683. The van der Waals surface area contributed by atoms with Gasteiger partial charge in [-0.15, -0.1) is 0 Å². The third kappa shape index (κ3) is 1.94. The second kappa shape index (κ2) is 4.55. The Hall–Kier alpha value is -2.07. The van der Waals surface area contributed by atoms with Crippen LogP contribution in [-0.4, -0.2) is 9.55 Å². The first-order valence-corrected chi connectivity index (χ1v) is 6.44. The molecule has 19 heavy (non-hydrogen) atoms. The Kier molecular flexibility index (Phi) is 2.87. The molecule has 2 heterocycles. The van der Waals surface area contributed by atoms with E-state index < -0.39 is 0 Å². The summed E-state index contributed by atoms with van der Waals surface area (Å²) in [6.07, 6.45) is 1.64. The molecule has 1 aromatic carbocycles. The van der Waals surface area contributed by atoms with Crippen molar-refractivity contribution in [2.45, 2.75) is 25.9 Å². The van der Waals surface area contributed by atoms with Crippen LogP contribution in [0, 0.1) is 0 Å². The SMILES string of the molecule is CC(C)n1c(C(N)c2ccco2)nc2ccccc21. The largest absolute Gasteiger partial charge is 0.467 e. The Morgan fingerprint density at radius 3 is 2.63 bits per heavy atom. The maximum atomic E-state index is 6.29. The van der Waals surface area contributed by atoms with E-state index in [0.29, 0.717) is 6.04 Å². The van der Waals surface area contributed by atoms with Crippen LogP contribution < -0.4 is 5.73 Å². The normalized spacial score (nSPS) is 13.3. The molecule has 0 aliphatic carbocycles. The van der Waals surface area contributed by atoms with Crippen molar-refractivity contribution in [1.29, 1.82) is 0 Å². The average molecular weight is 255 g/mol. The number of para-hydroxylation sites is 2. The molecule has 0 amide bonds. The first-order valence-electron chi connectivity index (χ1n) is 6.44. The van der Waals surface area contributed by atoms with Crippen LogP contribution in [-0.2, 0) is 0 Å². The standard InChI is InChI=1S/C15H17N3O/c1-10(2)18-12-7-4-3-6-11(12)17-15(18)14(16)13-8-5-9-19-13/h3-10,14H,16H2,1-2H3. The molecule has 3 aromatic rings. The molecule has 0 spiro atoms. The molecule has 1 atom stereocenters. The van der Waals surface area contributed by atoms with Crippen molar-refractivity contribution in [3.05, 3.63) is 54.2 Å². The number of furan rings is 1. The molecule has 98 valence electrons. The molecule has 4 nitrogen and oxygen atoms in total. The summed E-state index contributed by atoms with van der Waals surface area (Å²) in [5.41, 5.74) is 8.36. The Balaban J connectivity index is 2.20. The molecule has 3 rings (SSSR count). The zero-order valence-electron chi connectivity index (χ0n) is 11.1. The summed E-state index contributed by atoms with van der Waals surface area (Å²) in [6, 6.07) is 11.8. The predicted octanol–water partition coefficient (Wildman–Crippen LogP) is 3.26. The molecule has 0 saturated heterocycles. The monoisotopic (exact) mass is 255 g/mol. The highest BCUT2D eigenvalue weighted by Crippen LogP contribution is 2.27. The maximum absolute atomic E-state index is 6.29. The Morgan fingerprint density at radius 1 is 1.16 bits per heavy atom. The number of fused-ring (bicyclic) bond motifs is 1. The molecular formula is C15H17N3O. The smallest absolute Gasteiger partial charge is 0.134 e. The highest BCUT2D eigenvalue weighted by atomic mass is 16.3. The third-order valence-electron chi connectivity index (χ3n) is 3.27. The van der Waals surface area contributed by atoms with Gasteiger partial charge in [0.25, 0.3) is 0 Å². The highest BCUT2D eigenvalue weighted by molar-refractivity contribution is 5.76. The van der Waals surface area contributed by atoms with Gasteiger partial charge in [-0.25, -0.2) is 4.98 Å². The number of hydrogen-bond acceptors (Lipinski definition) is 3. The van der Waals surface area contributed by atoms with Gasteiger partial charge in [-0.2, -0.15) is 0 Å². The fraction of sp³-hybridized carbons (Fsp3) is 0.267. The van der Waals surface area contributed by atoms with E-state index in [4.69, 9.17) is 10.2 Å². The number of nitrogens with two attached hydrogens (primary N) is 1. The topological polar surface area (TPSA) is 57.0 Å². The summed E-state index contributed by atoms with van der Waals surface area (Å²) in [5, 5.41) is 0. The van der Waals surface area contributed by atoms with Gasteiger partial charge in [-0.3, -0.25) is 0 Å². The first-order chi connectivity index (χ1) is 9.18. The van der Waals surface area contributed by atoms with Crippen LogP contribution in [0.5, 0.6) is 0 Å². The summed E-state index contributed by atoms with van der Waals surface area (Å²) in [7, 11) is 0. The predicted molar refractivity (Wildman–Crippen MR) is 74.9 cm³/mol. The van der Waals surface area contributed by atoms with E-state index in [1.807, 2.05) is 30.3 Å². The number of rotatable bonds is 3. The Morgan fingerprint density at radius 2 is 1.95 bits per heavy atom. The zero-order valence-corrected chi connectivity index (χ0v) is 11.1. The van der Waals surface area contributed by atoms with Gasteiger partial charge < -0.3 is 14.7 Å². The van der Waals surface area contributed by atoms with Crippen molar-refractivity contribution < 1.29 is 4.42 Å². The van der Waals surface area contributed by atoms with E-state index in [2.05, 4.69) is 29.5 Å². The molecule has 1 unspecified atom stereocenters.